The van der Waals surface area contributed by atoms with Gasteiger partial charge in [-0.05, 0) is 43.2 Å². The van der Waals surface area contributed by atoms with Gasteiger partial charge in [0.15, 0.2) is 0 Å². The summed E-state index contributed by atoms with van der Waals surface area (Å²) in [7, 11) is 0. The zero-order valence-electron chi connectivity index (χ0n) is 18.4. The number of carbonyl (C=O) groups is 1. The lowest BCUT2D eigenvalue weighted by molar-refractivity contribution is 0.0702. The molecule has 2 N–H and O–H groups in total. The van der Waals surface area contributed by atoms with Gasteiger partial charge in [-0.3, -0.25) is 0 Å². The largest absolute Gasteiger partial charge is 0.449 e. The maximum Gasteiger partial charge on any atom is 0.379 e. The average Bonchev–Trinajstić information content (AvgIpc) is 3.14. The maximum atomic E-state index is 12.9. The van der Waals surface area contributed by atoms with Crippen molar-refractivity contribution in [1.29, 1.82) is 5.26 Å². The van der Waals surface area contributed by atoms with Crippen LogP contribution in [0.2, 0.25) is 0 Å². The number of ether oxygens (including phenoxy) is 2. The summed E-state index contributed by atoms with van der Waals surface area (Å²) in [4.78, 5) is 12.9. The summed E-state index contributed by atoms with van der Waals surface area (Å²) in [5.41, 5.74) is 10.4. The molecule has 2 heterocycles. The molecule has 5 rings (SSSR count). The van der Waals surface area contributed by atoms with Crippen LogP contribution in [0.15, 0.2) is 81.0 Å². The normalized spacial score (nSPS) is 14.9. The fourth-order valence-electron chi connectivity index (χ4n) is 4.21. The Balaban J connectivity index is 1.50. The fourth-order valence-corrected chi connectivity index (χ4v) is 4.72. The molecule has 0 radical (unpaired) electrons. The summed E-state index contributed by atoms with van der Waals surface area (Å²) in [6, 6.07) is 20.6. The molecule has 4 aromatic rings. The predicted octanol–water partition coefficient (Wildman–Crippen LogP) is 6.25. The lowest BCUT2D eigenvalue weighted by atomic mass is 9.83. The van der Waals surface area contributed by atoms with E-state index in [1.54, 1.807) is 18.2 Å². The number of esters is 1. The van der Waals surface area contributed by atoms with Crippen LogP contribution >= 0.6 is 15.9 Å². The van der Waals surface area contributed by atoms with E-state index in [1.807, 2.05) is 56.3 Å². The van der Waals surface area contributed by atoms with Crippen molar-refractivity contribution in [2.24, 2.45) is 5.73 Å². The van der Waals surface area contributed by atoms with E-state index in [1.165, 1.54) is 0 Å². The van der Waals surface area contributed by atoms with Crippen LogP contribution in [0.3, 0.4) is 0 Å². The average molecular weight is 515 g/mol. The van der Waals surface area contributed by atoms with Crippen LogP contribution in [0, 0.1) is 25.2 Å². The number of halogens is 1. The monoisotopic (exact) mass is 514 g/mol. The molecule has 0 amide bonds. The minimum absolute atomic E-state index is 0.0164. The number of carbonyl (C=O) groups excluding carboxylic acids is 1. The second-order valence-electron chi connectivity index (χ2n) is 8.09. The lowest BCUT2D eigenvalue weighted by Crippen LogP contribution is -2.21. The maximum absolute atomic E-state index is 12.9. The van der Waals surface area contributed by atoms with Crippen molar-refractivity contribution in [1.82, 2.24) is 0 Å². The minimum Gasteiger partial charge on any atom is -0.449 e. The molecular formula is C27H19BrN2O4. The third-order valence-corrected chi connectivity index (χ3v) is 6.62. The molecule has 1 aliphatic rings. The summed E-state index contributed by atoms with van der Waals surface area (Å²) in [6.07, 6.45) is 0. The standard InChI is InChI=1S/C27H19BrN2O4/c1-14-7-9-17-15(2)25(33-22(17)11-14)27(31)32-16-8-10-19-23(12-16)34-26(30)20(13-29)24(19)18-5-3-4-6-21(18)28/h3-12,24H,30H2,1-2H3. The van der Waals surface area contributed by atoms with E-state index in [-0.39, 0.29) is 17.4 Å². The highest BCUT2D eigenvalue weighted by Gasteiger charge is 2.32. The number of hydrogen-bond acceptors (Lipinski definition) is 6. The van der Waals surface area contributed by atoms with Gasteiger partial charge in [-0.1, -0.05) is 52.3 Å². The molecule has 0 spiro atoms. The Kier molecular flexibility index (Phi) is 5.39. The number of hydrogen-bond donors (Lipinski definition) is 1. The van der Waals surface area contributed by atoms with Crippen molar-refractivity contribution >= 4 is 32.9 Å². The predicted molar refractivity (Wildman–Crippen MR) is 131 cm³/mol. The van der Waals surface area contributed by atoms with E-state index in [4.69, 9.17) is 19.6 Å². The van der Waals surface area contributed by atoms with Crippen molar-refractivity contribution in [3.63, 3.8) is 0 Å². The van der Waals surface area contributed by atoms with E-state index >= 15 is 0 Å². The second-order valence-corrected chi connectivity index (χ2v) is 8.95. The molecule has 0 fully saturated rings. The molecule has 0 saturated heterocycles. The van der Waals surface area contributed by atoms with Crippen molar-refractivity contribution < 1.29 is 18.7 Å². The molecule has 1 aliphatic heterocycles. The zero-order chi connectivity index (χ0) is 24.0. The number of rotatable bonds is 3. The highest BCUT2D eigenvalue weighted by molar-refractivity contribution is 9.10. The quantitative estimate of drug-likeness (QED) is 0.256. The minimum atomic E-state index is -0.606. The molecule has 34 heavy (non-hydrogen) atoms. The molecule has 168 valence electrons. The highest BCUT2D eigenvalue weighted by Crippen LogP contribution is 2.45. The van der Waals surface area contributed by atoms with E-state index in [2.05, 4.69) is 22.0 Å². The number of benzene rings is 3. The summed E-state index contributed by atoms with van der Waals surface area (Å²) in [5.74, 6) is -0.168. The smallest absolute Gasteiger partial charge is 0.379 e. The number of aryl methyl sites for hydroxylation is 2. The topological polar surface area (TPSA) is 98.5 Å². The zero-order valence-corrected chi connectivity index (χ0v) is 20.0. The summed E-state index contributed by atoms with van der Waals surface area (Å²) < 4.78 is 18.0. The first-order valence-electron chi connectivity index (χ1n) is 10.5. The number of allylic oxidation sites excluding steroid dienone is 1. The molecule has 3 aromatic carbocycles. The molecule has 0 aliphatic carbocycles. The Morgan fingerprint density at radius 1 is 1.09 bits per heavy atom. The van der Waals surface area contributed by atoms with Gasteiger partial charge in [0.25, 0.3) is 0 Å². The summed E-state index contributed by atoms with van der Waals surface area (Å²) in [6.45, 7) is 3.78. The van der Waals surface area contributed by atoms with Gasteiger partial charge in [-0.25, -0.2) is 4.79 Å². The van der Waals surface area contributed by atoms with Crippen LogP contribution < -0.4 is 15.2 Å². The van der Waals surface area contributed by atoms with Crippen LogP contribution in [-0.2, 0) is 0 Å². The van der Waals surface area contributed by atoms with Crippen LogP contribution in [0.25, 0.3) is 11.0 Å². The molecule has 0 saturated carbocycles. The molecule has 1 unspecified atom stereocenters. The molecular weight excluding hydrogens is 496 g/mol. The molecule has 7 heteroatoms. The first-order valence-corrected chi connectivity index (χ1v) is 11.3. The van der Waals surface area contributed by atoms with Gasteiger partial charge in [-0.2, -0.15) is 5.26 Å². The second kappa shape index (κ2) is 8.40. The van der Waals surface area contributed by atoms with E-state index < -0.39 is 11.9 Å². The van der Waals surface area contributed by atoms with Crippen molar-refractivity contribution in [2.45, 2.75) is 19.8 Å². The number of nitrogens with two attached hydrogens (primary N) is 1. The highest BCUT2D eigenvalue weighted by atomic mass is 79.9. The van der Waals surface area contributed by atoms with Crippen molar-refractivity contribution in [3.05, 3.63) is 105 Å². The van der Waals surface area contributed by atoms with E-state index in [9.17, 15) is 10.1 Å². The number of fused-ring (bicyclic) bond motifs is 2. The Bertz CT molecular complexity index is 1540. The van der Waals surface area contributed by atoms with Gasteiger partial charge in [0.2, 0.25) is 11.6 Å². The summed E-state index contributed by atoms with van der Waals surface area (Å²) in [5, 5.41) is 10.6. The first-order chi connectivity index (χ1) is 16.4. The lowest BCUT2D eigenvalue weighted by Gasteiger charge is -2.27. The van der Waals surface area contributed by atoms with Crippen LogP contribution in [0.1, 0.15) is 38.7 Å². The van der Waals surface area contributed by atoms with Gasteiger partial charge in [0.1, 0.15) is 28.7 Å². The molecule has 1 atom stereocenters. The fraction of sp³-hybridized carbons (Fsp3) is 0.111. The Morgan fingerprint density at radius 2 is 1.88 bits per heavy atom. The third kappa shape index (κ3) is 3.62. The third-order valence-electron chi connectivity index (χ3n) is 5.90. The Labute approximate surface area is 204 Å². The summed E-state index contributed by atoms with van der Waals surface area (Å²) >= 11 is 3.57. The van der Waals surface area contributed by atoms with E-state index in [0.717, 1.165) is 26.5 Å². The Hall–Kier alpha value is -4.02. The number of nitriles is 1. The van der Waals surface area contributed by atoms with Gasteiger partial charge < -0.3 is 19.6 Å². The van der Waals surface area contributed by atoms with Crippen LogP contribution in [0.5, 0.6) is 11.5 Å². The number of furan rings is 1. The van der Waals surface area contributed by atoms with Crippen LogP contribution in [-0.4, -0.2) is 5.97 Å². The molecule has 6 nitrogen and oxygen atoms in total. The molecule has 1 aromatic heterocycles. The van der Waals surface area contributed by atoms with E-state index in [0.29, 0.717) is 22.5 Å². The SMILES string of the molecule is Cc1ccc2c(C)c(C(=O)Oc3ccc4c(c3)OC(N)=C(C#N)C4c3ccccc3Br)oc2c1. The van der Waals surface area contributed by atoms with Crippen LogP contribution in [0.4, 0.5) is 0 Å². The van der Waals surface area contributed by atoms with Gasteiger partial charge in [0, 0.05) is 27.1 Å². The van der Waals surface area contributed by atoms with Crippen molar-refractivity contribution in [2.75, 3.05) is 0 Å². The van der Waals surface area contributed by atoms with Gasteiger partial charge in [0.05, 0.1) is 5.92 Å². The molecule has 0 bridgehead atoms. The van der Waals surface area contributed by atoms with Gasteiger partial charge >= 0.3 is 5.97 Å². The first kappa shape index (κ1) is 21.8. The number of nitrogens with zero attached hydrogens (tertiary/aromatic N) is 1. The van der Waals surface area contributed by atoms with Crippen molar-refractivity contribution in [3.8, 4) is 17.6 Å². The Morgan fingerprint density at radius 3 is 2.65 bits per heavy atom. The van der Waals surface area contributed by atoms with Gasteiger partial charge in [-0.15, -0.1) is 0 Å².